The molecule has 0 aromatic carbocycles. The lowest BCUT2D eigenvalue weighted by molar-refractivity contribution is 0.110. The van der Waals surface area contributed by atoms with Crippen molar-refractivity contribution in [2.75, 3.05) is 46.7 Å². The van der Waals surface area contributed by atoms with Crippen molar-refractivity contribution in [3.63, 3.8) is 0 Å². The van der Waals surface area contributed by atoms with Gasteiger partial charge in [0.1, 0.15) is 0 Å². The quantitative estimate of drug-likeness (QED) is 0.251. The Labute approximate surface area is 453 Å². The summed E-state index contributed by atoms with van der Waals surface area (Å²) in [6.45, 7) is 1.36. The van der Waals surface area contributed by atoms with E-state index in [-0.39, 0.29) is 173 Å². The highest BCUT2D eigenvalue weighted by molar-refractivity contribution is 5.86. The van der Waals surface area contributed by atoms with E-state index in [9.17, 15) is 0 Å². The van der Waals surface area contributed by atoms with Crippen LogP contribution in [-0.2, 0) is 0 Å². The summed E-state index contributed by atoms with van der Waals surface area (Å²) in [6, 6.07) is -1.83. The fraction of sp³-hybridized carbons (Fsp3) is 0.875. The van der Waals surface area contributed by atoms with Gasteiger partial charge in [0, 0.05) is 0 Å². The minimum absolute atomic E-state index is 0.0771. The molecule has 0 N–H and O–H groups in total. The van der Waals surface area contributed by atoms with Gasteiger partial charge in [0.25, 0.3) is 0 Å². The van der Waals surface area contributed by atoms with Crippen LogP contribution in [0.4, 0.5) is 33.6 Å². The van der Waals surface area contributed by atoms with Gasteiger partial charge in [-0.05, 0) is 89.9 Å². The smallest absolute Gasteiger partial charge is 0.302 e. The Balaban J connectivity index is 0.794. The van der Waals surface area contributed by atoms with E-state index in [4.69, 9.17) is 0 Å². The van der Waals surface area contributed by atoms with Crippen molar-refractivity contribution in [1.82, 2.24) is 68.6 Å². The lowest BCUT2D eigenvalue weighted by atomic mass is 9.89. The Bertz CT molecular complexity index is 1820. The predicted octanol–water partition coefficient (Wildman–Crippen LogP) is 7.04. The van der Waals surface area contributed by atoms with E-state index in [2.05, 4.69) is 0 Å². The van der Waals surface area contributed by atoms with E-state index < -0.39 is 0 Å². The topological polar surface area (TPSA) is 165 Å². The third-order valence-corrected chi connectivity index (χ3v) is 23.0. The molecule has 14 amide bonds. The second-order valence-corrected chi connectivity index (χ2v) is 26.5. The van der Waals surface area contributed by atoms with E-state index >= 15 is 33.6 Å². The van der Waals surface area contributed by atoms with Gasteiger partial charge in [-0.2, -0.15) is 0 Å². The zero-order chi connectivity index (χ0) is 52.0. The number of hydrogen-bond donors (Lipinski definition) is 0. The molecule has 0 radical (unpaired) electrons. The van der Waals surface area contributed by atoms with Crippen LogP contribution in [0.3, 0.4) is 0 Å². The van der Waals surface area contributed by atoms with Crippen LogP contribution in [0.15, 0.2) is 0 Å². The molecule has 77 heavy (non-hydrogen) atoms. The van der Waals surface area contributed by atoms with Gasteiger partial charge in [-0.1, -0.05) is 89.9 Å². The highest BCUT2D eigenvalue weighted by Gasteiger charge is 2.60. The van der Waals surface area contributed by atoms with Crippen LogP contribution in [-0.4, -0.2) is 242 Å². The highest BCUT2D eigenvalue weighted by Crippen LogP contribution is 2.46. The second kappa shape index (κ2) is 19.0. The summed E-state index contributed by atoms with van der Waals surface area (Å²) < 4.78 is 0. The van der Waals surface area contributed by atoms with Gasteiger partial charge >= 0.3 is 42.2 Å². The zero-order valence-corrected chi connectivity index (χ0v) is 45.5. The molecule has 21 nitrogen and oxygen atoms in total. The van der Waals surface area contributed by atoms with Gasteiger partial charge in [0.15, 0.2) is 0 Å². The van der Waals surface area contributed by atoms with Crippen molar-refractivity contribution in [2.24, 2.45) is 0 Å². The van der Waals surface area contributed by atoms with E-state index in [1.54, 1.807) is 0 Å². The summed E-state index contributed by atoms with van der Waals surface area (Å²) in [7, 11) is 0. The van der Waals surface area contributed by atoms with Crippen LogP contribution in [0.5, 0.6) is 0 Å². The Morgan fingerprint density at radius 2 is 0.234 bits per heavy atom. The molecule has 14 atom stereocenters. The Hall–Kier alpha value is -5.11. The summed E-state index contributed by atoms with van der Waals surface area (Å²) in [5, 5.41) is 0. The molecule has 7 saturated carbocycles. The SMILES string of the molecule is O=C1N2CN3C(=O)N(CN4C(=O)N(CN5C(=O)N(CN6C(=O)N(CN7C(=O)N(CN8C(=O)N(CN1[C@@H]1CCCC[C@H]12)[C@@H]1CCCC[C@H]18)[C@@H]1CCCC[C@H]17)[C@@H]1CCCC[C@H]16)[C@@H]1CCCC[C@H]15)[C@@H]1CCCC[C@H]14)[C@@H]1CCCC[C@H]13. The van der Waals surface area contributed by atoms with Crippen LogP contribution in [0.2, 0.25) is 0 Å². The van der Waals surface area contributed by atoms with Crippen molar-refractivity contribution in [2.45, 2.75) is 264 Å². The van der Waals surface area contributed by atoms with Crippen LogP contribution < -0.4 is 0 Å². The van der Waals surface area contributed by atoms with Gasteiger partial charge in [0.2, 0.25) is 0 Å². The lowest BCUT2D eigenvalue weighted by Crippen LogP contribution is -2.50. The van der Waals surface area contributed by atoms with E-state index in [1.165, 1.54) is 0 Å². The third kappa shape index (κ3) is 7.49. The first-order valence-electron chi connectivity index (χ1n) is 31.2. The van der Waals surface area contributed by atoms with Crippen LogP contribution in [0.25, 0.3) is 0 Å². The number of carbonyl (C=O) groups is 7. The number of nitrogens with zero attached hydrogens (tertiary/aromatic N) is 14. The van der Waals surface area contributed by atoms with Gasteiger partial charge in [-0.15, -0.1) is 0 Å². The second-order valence-electron chi connectivity index (χ2n) is 26.5. The number of urea groups is 7. The average Bonchev–Trinajstić information content (AvgIpc) is 4.28. The molecule has 0 spiro atoms. The molecule has 0 unspecified atom stereocenters. The molecule has 14 bridgehead atoms. The fourth-order valence-corrected chi connectivity index (χ4v) is 19.3. The maximum Gasteiger partial charge on any atom is 0.323 e. The van der Waals surface area contributed by atoms with Crippen molar-refractivity contribution in [3.8, 4) is 0 Å². The first-order valence-corrected chi connectivity index (χ1v) is 31.2. The number of carbonyl (C=O) groups excluding carboxylic acids is 7. The number of amides is 14. The van der Waals surface area contributed by atoms with E-state index in [0.29, 0.717) is 0 Å². The molecule has 15 aliphatic rings. The van der Waals surface area contributed by atoms with Crippen LogP contribution in [0.1, 0.15) is 180 Å². The Morgan fingerprint density at radius 1 is 0.156 bits per heavy atom. The monoisotopic (exact) mass is 1060 g/mol. The zero-order valence-electron chi connectivity index (χ0n) is 45.5. The fourth-order valence-electron chi connectivity index (χ4n) is 19.3. The lowest BCUT2D eigenvalue weighted by Gasteiger charge is -2.37. The number of rotatable bonds is 0. The Morgan fingerprint density at radius 3 is 0.312 bits per heavy atom. The minimum atomic E-state index is -0.108. The highest BCUT2D eigenvalue weighted by atomic mass is 16.2. The molecule has 21 heteroatoms. The number of hydrogen-bond acceptors (Lipinski definition) is 7. The van der Waals surface area contributed by atoms with E-state index in [1.807, 2.05) is 68.6 Å². The van der Waals surface area contributed by atoms with E-state index in [0.717, 1.165) is 180 Å². The first-order chi connectivity index (χ1) is 37.6. The van der Waals surface area contributed by atoms with Crippen molar-refractivity contribution < 1.29 is 33.6 Å². The first kappa shape index (κ1) is 49.0. The molecule has 420 valence electrons. The van der Waals surface area contributed by atoms with Crippen molar-refractivity contribution in [3.05, 3.63) is 0 Å². The molecule has 8 aliphatic heterocycles. The molecule has 8 heterocycles. The van der Waals surface area contributed by atoms with Crippen molar-refractivity contribution in [1.29, 1.82) is 0 Å². The average molecular weight is 1070 g/mol. The molecule has 0 aromatic rings. The molecule has 15 fully saturated rings. The normalized spacial score (nSPS) is 40.5. The van der Waals surface area contributed by atoms with Crippen LogP contribution >= 0.6 is 0 Å². The predicted molar refractivity (Wildman–Crippen MR) is 280 cm³/mol. The Kier molecular flexibility index (Phi) is 12.1. The van der Waals surface area contributed by atoms with Crippen molar-refractivity contribution >= 4 is 42.2 Å². The standard InChI is InChI=1S/C56H84N14O7/c71-50-57-29-59-38-17-3-4-18-39(38)61(51(59)72)31-63-42-21-7-8-22-43(42)65(53(63)74)33-67-46-25-11-12-26-47(46)69(55(67)76)35-70-49-28-14-13-27-48(49)68(56(70)77)34-66-45-24-10-9-23-44(45)64(54(66)75)32-62-41-20-6-5-19-40(41)60(52(62)73)30-58(50)37-16-2-1-15-36(37)57/h36-49H,1-35H2/t36-,37-,38-,39-,40-,41-,42-,43-,44-,45-,46-,47-,48-,49-/m1/s1. The summed E-state index contributed by atoms with van der Waals surface area (Å²) in [6.07, 6.45) is 25.8. The molecular formula is C56H84N14O7. The molecular weight excluding hydrogens is 981 g/mol. The van der Waals surface area contributed by atoms with Gasteiger partial charge in [0.05, 0.1) is 131 Å². The van der Waals surface area contributed by atoms with Gasteiger partial charge in [-0.3, -0.25) is 0 Å². The van der Waals surface area contributed by atoms with Crippen LogP contribution in [0, 0.1) is 0 Å². The number of fused-ring (bicyclic) bond motifs is 35. The summed E-state index contributed by atoms with van der Waals surface area (Å²) in [5.74, 6) is 0. The summed E-state index contributed by atoms with van der Waals surface area (Å²) in [5.41, 5.74) is 0. The minimum Gasteiger partial charge on any atom is -0.302 e. The molecule has 8 saturated heterocycles. The summed E-state index contributed by atoms with van der Waals surface area (Å²) >= 11 is 0. The maximum absolute atomic E-state index is 15.3. The summed E-state index contributed by atoms with van der Waals surface area (Å²) in [4.78, 5) is 134. The molecule has 15 rings (SSSR count). The largest absolute Gasteiger partial charge is 0.323 e. The third-order valence-electron chi connectivity index (χ3n) is 23.0. The van der Waals surface area contributed by atoms with Gasteiger partial charge in [-0.25, -0.2) is 33.6 Å². The van der Waals surface area contributed by atoms with Gasteiger partial charge < -0.3 is 68.6 Å². The molecule has 7 aliphatic carbocycles. The molecule has 0 aromatic heterocycles. The maximum atomic E-state index is 15.3.